The smallest absolute Gasteiger partial charge is 0.226 e. The molecule has 154 valence electrons. The van der Waals surface area contributed by atoms with Crippen LogP contribution in [0.15, 0.2) is 24.4 Å². The molecule has 3 rings (SSSR count). The second kappa shape index (κ2) is 9.95. The lowest BCUT2D eigenvalue weighted by Gasteiger charge is -2.37. The fourth-order valence-corrected chi connectivity index (χ4v) is 3.75. The van der Waals surface area contributed by atoms with Crippen LogP contribution in [0.1, 0.15) is 25.0 Å². The molecule has 1 aromatic rings. The molecular weight excluding hydrogens is 360 g/mol. The number of nitrogens with zero attached hydrogens (tertiary/aromatic N) is 3. The molecule has 2 aliphatic rings. The van der Waals surface area contributed by atoms with Gasteiger partial charge in [-0.3, -0.25) is 14.6 Å². The highest BCUT2D eigenvalue weighted by Gasteiger charge is 2.33. The van der Waals surface area contributed by atoms with E-state index in [2.05, 4.69) is 22.2 Å². The highest BCUT2D eigenvalue weighted by Crippen LogP contribution is 2.23. The molecule has 0 aromatic carbocycles. The minimum atomic E-state index is -0.494. The number of carbonyl (C=O) groups is 2. The third-order valence-corrected chi connectivity index (χ3v) is 5.47. The minimum absolute atomic E-state index is 0.104. The number of nitrogens with one attached hydrogen (secondary N) is 1. The standard InChI is InChI=1S/C20H30N4O4/c1-23-8-10-24(11-9-23)20(27)13-16-5-6-17(18(14-25)28-16)22-19(26)12-15-4-2-3-7-21-15/h2-4,7,16-18,25H,5-6,8-14H2,1H3,(H,22,26)/t16-,17+,18+/m1/s1. The Morgan fingerprint density at radius 1 is 1.25 bits per heavy atom. The van der Waals surface area contributed by atoms with Crippen LogP contribution in [0.2, 0.25) is 0 Å². The van der Waals surface area contributed by atoms with Crippen molar-refractivity contribution in [3.8, 4) is 0 Å². The zero-order valence-electron chi connectivity index (χ0n) is 16.4. The van der Waals surface area contributed by atoms with Gasteiger partial charge in [-0.1, -0.05) is 6.07 Å². The quantitative estimate of drug-likeness (QED) is 0.699. The fraction of sp³-hybridized carbons (Fsp3) is 0.650. The molecule has 8 heteroatoms. The Hall–Kier alpha value is -2.03. The summed E-state index contributed by atoms with van der Waals surface area (Å²) in [6.07, 6.45) is 2.84. The van der Waals surface area contributed by atoms with Gasteiger partial charge in [0, 0.05) is 38.1 Å². The maximum atomic E-state index is 12.5. The van der Waals surface area contributed by atoms with E-state index >= 15 is 0 Å². The van der Waals surface area contributed by atoms with Gasteiger partial charge in [-0.2, -0.15) is 0 Å². The van der Waals surface area contributed by atoms with Gasteiger partial charge in [0.2, 0.25) is 11.8 Å². The van der Waals surface area contributed by atoms with Crippen molar-refractivity contribution in [3.63, 3.8) is 0 Å². The number of ether oxygens (including phenoxy) is 1. The van der Waals surface area contributed by atoms with Crippen LogP contribution in [-0.4, -0.2) is 89.8 Å². The molecule has 8 nitrogen and oxygen atoms in total. The predicted molar refractivity (Wildman–Crippen MR) is 104 cm³/mol. The molecule has 2 fully saturated rings. The zero-order chi connectivity index (χ0) is 19.9. The molecular formula is C20H30N4O4. The van der Waals surface area contributed by atoms with Gasteiger partial charge in [-0.25, -0.2) is 0 Å². The molecule has 0 aliphatic carbocycles. The van der Waals surface area contributed by atoms with Gasteiger partial charge >= 0.3 is 0 Å². The number of rotatable bonds is 6. The van der Waals surface area contributed by atoms with Crippen LogP contribution in [0.25, 0.3) is 0 Å². The number of carbonyl (C=O) groups excluding carboxylic acids is 2. The normalized spacial score (nSPS) is 26.1. The Morgan fingerprint density at radius 2 is 2.04 bits per heavy atom. The largest absolute Gasteiger partial charge is 0.394 e. The van der Waals surface area contributed by atoms with Crippen LogP contribution in [0.3, 0.4) is 0 Å². The maximum Gasteiger partial charge on any atom is 0.226 e. The molecule has 0 radical (unpaired) electrons. The summed E-state index contributed by atoms with van der Waals surface area (Å²) in [6.45, 7) is 3.09. The lowest BCUT2D eigenvalue weighted by atomic mass is 9.96. The van der Waals surface area contributed by atoms with Gasteiger partial charge in [-0.05, 0) is 32.0 Å². The fourth-order valence-electron chi connectivity index (χ4n) is 3.75. The van der Waals surface area contributed by atoms with E-state index in [-0.39, 0.29) is 37.0 Å². The summed E-state index contributed by atoms with van der Waals surface area (Å²) in [4.78, 5) is 33.1. The third kappa shape index (κ3) is 5.73. The van der Waals surface area contributed by atoms with Crippen molar-refractivity contribution in [2.24, 2.45) is 0 Å². The van der Waals surface area contributed by atoms with Gasteiger partial charge in [0.25, 0.3) is 0 Å². The van der Waals surface area contributed by atoms with Gasteiger partial charge < -0.3 is 25.0 Å². The van der Waals surface area contributed by atoms with Crippen molar-refractivity contribution >= 4 is 11.8 Å². The van der Waals surface area contributed by atoms with E-state index in [0.717, 1.165) is 26.2 Å². The van der Waals surface area contributed by atoms with Crippen LogP contribution >= 0.6 is 0 Å². The first-order chi connectivity index (χ1) is 13.5. The molecule has 2 aliphatic heterocycles. The molecule has 3 heterocycles. The molecule has 2 N–H and O–H groups in total. The summed E-state index contributed by atoms with van der Waals surface area (Å²) in [6, 6.07) is 5.20. The van der Waals surface area contributed by atoms with E-state index in [1.165, 1.54) is 0 Å². The average Bonchev–Trinajstić information content (AvgIpc) is 2.70. The van der Waals surface area contributed by atoms with Gasteiger partial charge in [0.1, 0.15) is 6.10 Å². The van der Waals surface area contributed by atoms with Crippen LogP contribution < -0.4 is 5.32 Å². The first-order valence-electron chi connectivity index (χ1n) is 9.97. The van der Waals surface area contributed by atoms with Crippen molar-refractivity contribution in [2.75, 3.05) is 39.8 Å². The van der Waals surface area contributed by atoms with E-state index in [1.807, 2.05) is 17.0 Å². The number of aromatic nitrogens is 1. The molecule has 1 aromatic heterocycles. The van der Waals surface area contributed by atoms with Crippen molar-refractivity contribution < 1.29 is 19.4 Å². The summed E-state index contributed by atoms with van der Waals surface area (Å²) in [7, 11) is 2.06. The zero-order valence-corrected chi connectivity index (χ0v) is 16.4. The topological polar surface area (TPSA) is 95.0 Å². The Bertz CT molecular complexity index is 649. The van der Waals surface area contributed by atoms with E-state index in [1.54, 1.807) is 12.3 Å². The van der Waals surface area contributed by atoms with E-state index in [9.17, 15) is 14.7 Å². The number of aliphatic hydroxyl groups is 1. The summed E-state index contributed by atoms with van der Waals surface area (Å²) < 4.78 is 5.94. The number of aliphatic hydroxyl groups excluding tert-OH is 1. The first-order valence-corrected chi connectivity index (χ1v) is 9.97. The van der Waals surface area contributed by atoms with Crippen molar-refractivity contribution in [1.29, 1.82) is 0 Å². The molecule has 3 atom stereocenters. The Morgan fingerprint density at radius 3 is 2.71 bits per heavy atom. The van der Waals surface area contributed by atoms with Crippen molar-refractivity contribution in [3.05, 3.63) is 30.1 Å². The van der Waals surface area contributed by atoms with E-state index in [0.29, 0.717) is 25.0 Å². The van der Waals surface area contributed by atoms with Gasteiger partial charge in [-0.15, -0.1) is 0 Å². The summed E-state index contributed by atoms with van der Waals surface area (Å²) >= 11 is 0. The highest BCUT2D eigenvalue weighted by molar-refractivity contribution is 5.78. The van der Waals surface area contributed by atoms with Crippen LogP contribution in [0, 0.1) is 0 Å². The van der Waals surface area contributed by atoms with Crippen LogP contribution in [0.5, 0.6) is 0 Å². The summed E-state index contributed by atoms with van der Waals surface area (Å²) in [5.41, 5.74) is 0.702. The molecule has 0 bridgehead atoms. The average molecular weight is 390 g/mol. The second-order valence-corrected chi connectivity index (χ2v) is 7.62. The Labute approximate surface area is 165 Å². The molecule has 0 unspecified atom stereocenters. The number of likely N-dealkylation sites (N-methyl/N-ethyl adjacent to an activating group) is 1. The highest BCUT2D eigenvalue weighted by atomic mass is 16.5. The molecule has 2 amide bonds. The summed E-state index contributed by atoms with van der Waals surface area (Å²) in [5, 5.41) is 12.7. The molecule has 2 saturated heterocycles. The van der Waals surface area contributed by atoms with Crippen molar-refractivity contribution in [1.82, 2.24) is 20.1 Å². The number of pyridine rings is 1. The Balaban J connectivity index is 1.46. The third-order valence-electron chi connectivity index (χ3n) is 5.47. The molecule has 0 saturated carbocycles. The van der Waals surface area contributed by atoms with Crippen molar-refractivity contribution in [2.45, 2.75) is 43.9 Å². The number of hydrogen-bond acceptors (Lipinski definition) is 6. The predicted octanol–water partition coefficient (Wildman–Crippen LogP) is -0.187. The summed E-state index contributed by atoms with van der Waals surface area (Å²) in [5.74, 6) is -0.0369. The number of amides is 2. The number of hydrogen-bond donors (Lipinski definition) is 2. The Kier molecular flexibility index (Phi) is 7.36. The molecule has 28 heavy (non-hydrogen) atoms. The SMILES string of the molecule is CN1CCN(C(=O)C[C@H]2CC[C@H](NC(=O)Cc3ccccn3)[C@H](CO)O2)CC1. The van der Waals surface area contributed by atoms with Gasteiger partial charge in [0.15, 0.2) is 0 Å². The van der Waals surface area contributed by atoms with Crippen LogP contribution in [0.4, 0.5) is 0 Å². The minimum Gasteiger partial charge on any atom is -0.394 e. The lowest BCUT2D eigenvalue weighted by Crippen LogP contribution is -2.52. The first kappa shape index (κ1) is 20.7. The maximum absolute atomic E-state index is 12.5. The number of piperazine rings is 1. The molecule has 0 spiro atoms. The van der Waals surface area contributed by atoms with Gasteiger partial charge in [0.05, 0.1) is 31.6 Å². The monoisotopic (exact) mass is 390 g/mol. The van der Waals surface area contributed by atoms with Crippen LogP contribution in [-0.2, 0) is 20.7 Å². The second-order valence-electron chi connectivity index (χ2n) is 7.62. The lowest BCUT2D eigenvalue weighted by molar-refractivity contribution is -0.143. The van der Waals surface area contributed by atoms with E-state index < -0.39 is 6.10 Å². The van der Waals surface area contributed by atoms with E-state index in [4.69, 9.17) is 4.74 Å².